The Morgan fingerprint density at radius 1 is 1.20 bits per heavy atom. The van der Waals surface area contributed by atoms with E-state index in [1.165, 1.54) is 5.56 Å². The number of unbranched alkanes of at least 4 members (excludes halogenated alkanes) is 1. The van der Waals surface area contributed by atoms with Gasteiger partial charge in [0.25, 0.3) is 0 Å². The standard InChI is InChI=1S/C11H18N4/c12-10-6-4-9(5-7-10)3-1-2-8-15-11(13)14/h4-7H,1-3,8,12H2,(H4,13,14,15). The smallest absolute Gasteiger partial charge is 0.185 e. The highest BCUT2D eigenvalue weighted by atomic mass is 15.0. The minimum absolute atomic E-state index is 0.0440. The van der Waals surface area contributed by atoms with Crippen LogP contribution in [0.25, 0.3) is 0 Å². The largest absolute Gasteiger partial charge is 0.399 e. The number of nitrogens with one attached hydrogen (secondary N) is 2. The van der Waals surface area contributed by atoms with Crippen LogP contribution in [-0.2, 0) is 6.42 Å². The number of aryl methyl sites for hydroxylation is 1. The molecular weight excluding hydrogens is 188 g/mol. The van der Waals surface area contributed by atoms with E-state index in [2.05, 4.69) is 5.32 Å². The van der Waals surface area contributed by atoms with Gasteiger partial charge in [0.2, 0.25) is 0 Å². The van der Waals surface area contributed by atoms with Gasteiger partial charge in [0.1, 0.15) is 0 Å². The van der Waals surface area contributed by atoms with Crippen molar-refractivity contribution in [3.8, 4) is 0 Å². The highest BCUT2D eigenvalue weighted by Gasteiger charge is 1.93. The maximum Gasteiger partial charge on any atom is 0.185 e. The summed E-state index contributed by atoms with van der Waals surface area (Å²) in [7, 11) is 0. The predicted octanol–water partition coefficient (Wildman–Crippen LogP) is 1.07. The van der Waals surface area contributed by atoms with Crippen molar-refractivity contribution in [3.05, 3.63) is 29.8 Å². The number of hydrogen-bond acceptors (Lipinski definition) is 2. The first kappa shape index (κ1) is 11.4. The van der Waals surface area contributed by atoms with Gasteiger partial charge in [-0.1, -0.05) is 12.1 Å². The molecule has 0 saturated heterocycles. The third-order valence-corrected chi connectivity index (χ3v) is 2.19. The van der Waals surface area contributed by atoms with E-state index in [0.717, 1.165) is 31.5 Å². The molecule has 4 heteroatoms. The molecule has 0 spiro atoms. The highest BCUT2D eigenvalue weighted by molar-refractivity contribution is 5.74. The van der Waals surface area contributed by atoms with Crippen LogP contribution >= 0.6 is 0 Å². The molecule has 1 aromatic carbocycles. The van der Waals surface area contributed by atoms with Crippen LogP contribution in [0.5, 0.6) is 0 Å². The number of anilines is 1. The quantitative estimate of drug-likeness (QED) is 0.251. The lowest BCUT2D eigenvalue weighted by molar-refractivity contribution is 0.706. The zero-order chi connectivity index (χ0) is 11.1. The van der Waals surface area contributed by atoms with Crippen molar-refractivity contribution >= 4 is 11.6 Å². The average molecular weight is 206 g/mol. The Kier molecular flexibility index (Phi) is 4.47. The van der Waals surface area contributed by atoms with E-state index in [0.29, 0.717) is 0 Å². The summed E-state index contributed by atoms with van der Waals surface area (Å²) in [6.45, 7) is 0.768. The molecule has 15 heavy (non-hydrogen) atoms. The first-order valence-electron chi connectivity index (χ1n) is 5.11. The molecule has 0 amide bonds. The van der Waals surface area contributed by atoms with Crippen LogP contribution in [0.3, 0.4) is 0 Å². The monoisotopic (exact) mass is 206 g/mol. The average Bonchev–Trinajstić information content (AvgIpc) is 2.20. The highest BCUT2D eigenvalue weighted by Crippen LogP contribution is 2.08. The molecule has 0 unspecified atom stereocenters. The summed E-state index contributed by atoms with van der Waals surface area (Å²) in [6.07, 6.45) is 3.15. The van der Waals surface area contributed by atoms with Gasteiger partial charge in [0.05, 0.1) is 0 Å². The Labute approximate surface area is 90.2 Å². The molecule has 1 aromatic rings. The third-order valence-electron chi connectivity index (χ3n) is 2.19. The summed E-state index contributed by atoms with van der Waals surface area (Å²) in [6, 6.07) is 7.94. The normalized spacial score (nSPS) is 9.87. The summed E-state index contributed by atoms with van der Waals surface area (Å²) in [5, 5.41) is 9.75. The molecule has 0 aliphatic heterocycles. The SMILES string of the molecule is N=C(N)NCCCCc1ccc(N)cc1. The Balaban J connectivity index is 2.15. The summed E-state index contributed by atoms with van der Waals surface area (Å²) in [4.78, 5) is 0. The molecule has 4 nitrogen and oxygen atoms in total. The first-order valence-corrected chi connectivity index (χ1v) is 5.11. The minimum atomic E-state index is 0.0440. The molecule has 1 rings (SSSR count). The summed E-state index contributed by atoms with van der Waals surface area (Å²) in [5.74, 6) is 0.0440. The van der Waals surface area contributed by atoms with E-state index >= 15 is 0 Å². The maximum atomic E-state index is 6.97. The molecule has 0 aromatic heterocycles. The molecule has 0 bridgehead atoms. The number of guanidine groups is 1. The lowest BCUT2D eigenvalue weighted by Gasteiger charge is -2.04. The second-order valence-corrected chi connectivity index (χ2v) is 3.54. The van der Waals surface area contributed by atoms with E-state index in [-0.39, 0.29) is 5.96 Å². The van der Waals surface area contributed by atoms with Gasteiger partial charge in [-0.15, -0.1) is 0 Å². The van der Waals surface area contributed by atoms with Crippen molar-refractivity contribution in [3.63, 3.8) is 0 Å². The minimum Gasteiger partial charge on any atom is -0.399 e. The summed E-state index contributed by atoms with van der Waals surface area (Å²) in [5.41, 5.74) is 12.9. The van der Waals surface area contributed by atoms with Gasteiger partial charge in [-0.3, -0.25) is 5.41 Å². The van der Waals surface area contributed by atoms with E-state index < -0.39 is 0 Å². The fourth-order valence-corrected chi connectivity index (χ4v) is 1.36. The molecule has 0 atom stereocenters. The number of nitrogen functional groups attached to an aromatic ring is 1. The van der Waals surface area contributed by atoms with Gasteiger partial charge in [-0.2, -0.15) is 0 Å². The Morgan fingerprint density at radius 3 is 2.47 bits per heavy atom. The van der Waals surface area contributed by atoms with Gasteiger partial charge in [0.15, 0.2) is 5.96 Å². The zero-order valence-corrected chi connectivity index (χ0v) is 8.79. The second-order valence-electron chi connectivity index (χ2n) is 3.54. The predicted molar refractivity (Wildman–Crippen MR) is 63.7 cm³/mol. The van der Waals surface area contributed by atoms with Crippen molar-refractivity contribution in [1.29, 1.82) is 5.41 Å². The fourth-order valence-electron chi connectivity index (χ4n) is 1.36. The van der Waals surface area contributed by atoms with Crippen molar-refractivity contribution in [2.45, 2.75) is 19.3 Å². The molecule has 0 radical (unpaired) electrons. The number of benzene rings is 1. The lowest BCUT2D eigenvalue weighted by atomic mass is 10.1. The van der Waals surface area contributed by atoms with Crippen molar-refractivity contribution in [2.24, 2.45) is 5.73 Å². The summed E-state index contributed by atoms with van der Waals surface area (Å²) >= 11 is 0. The van der Waals surface area contributed by atoms with Gasteiger partial charge in [-0.05, 0) is 37.0 Å². The number of hydrogen-bond donors (Lipinski definition) is 4. The van der Waals surface area contributed by atoms with Crippen molar-refractivity contribution in [2.75, 3.05) is 12.3 Å². The van der Waals surface area contributed by atoms with Crippen molar-refractivity contribution in [1.82, 2.24) is 5.32 Å². The molecule has 0 aliphatic carbocycles. The van der Waals surface area contributed by atoms with E-state index in [4.69, 9.17) is 16.9 Å². The Bertz CT molecular complexity index is 305. The molecule has 0 aliphatic rings. The van der Waals surface area contributed by atoms with Gasteiger partial charge >= 0.3 is 0 Å². The second kappa shape index (κ2) is 5.90. The molecule has 0 heterocycles. The maximum absolute atomic E-state index is 6.97. The van der Waals surface area contributed by atoms with Crippen LogP contribution in [0.1, 0.15) is 18.4 Å². The third kappa shape index (κ3) is 4.90. The summed E-state index contributed by atoms with van der Waals surface area (Å²) < 4.78 is 0. The Hall–Kier alpha value is -1.71. The van der Waals surface area contributed by atoms with Crippen LogP contribution in [0.2, 0.25) is 0 Å². The van der Waals surface area contributed by atoms with Crippen LogP contribution in [0.15, 0.2) is 24.3 Å². The zero-order valence-electron chi connectivity index (χ0n) is 8.79. The van der Waals surface area contributed by atoms with Crippen LogP contribution in [0.4, 0.5) is 5.69 Å². The molecule has 0 fully saturated rings. The molecule has 0 saturated carbocycles. The molecule has 6 N–H and O–H groups in total. The van der Waals surface area contributed by atoms with Crippen molar-refractivity contribution < 1.29 is 0 Å². The number of rotatable bonds is 5. The van der Waals surface area contributed by atoms with Gasteiger partial charge < -0.3 is 16.8 Å². The first-order chi connectivity index (χ1) is 7.18. The van der Waals surface area contributed by atoms with Crippen LogP contribution in [0, 0.1) is 5.41 Å². The molecular formula is C11H18N4. The lowest BCUT2D eigenvalue weighted by Crippen LogP contribution is -2.30. The topological polar surface area (TPSA) is 87.9 Å². The van der Waals surface area contributed by atoms with E-state index in [9.17, 15) is 0 Å². The van der Waals surface area contributed by atoms with E-state index in [1.807, 2.05) is 24.3 Å². The Morgan fingerprint density at radius 2 is 1.87 bits per heavy atom. The van der Waals surface area contributed by atoms with Crippen LogP contribution < -0.4 is 16.8 Å². The van der Waals surface area contributed by atoms with Gasteiger partial charge in [-0.25, -0.2) is 0 Å². The van der Waals surface area contributed by atoms with E-state index in [1.54, 1.807) is 0 Å². The fraction of sp³-hybridized carbons (Fsp3) is 0.364. The van der Waals surface area contributed by atoms with Crippen LogP contribution in [-0.4, -0.2) is 12.5 Å². The number of nitrogens with two attached hydrogens (primary N) is 2. The molecule has 82 valence electrons. The van der Waals surface area contributed by atoms with Gasteiger partial charge in [0, 0.05) is 12.2 Å².